The van der Waals surface area contributed by atoms with Crippen LogP contribution in [0.15, 0.2) is 95.5 Å². The van der Waals surface area contributed by atoms with Gasteiger partial charge in [0.25, 0.3) is 11.8 Å². The molecule has 0 aliphatic carbocycles. The van der Waals surface area contributed by atoms with Gasteiger partial charge in [0.05, 0.1) is 37.1 Å². The molecule has 0 aliphatic rings. The summed E-state index contributed by atoms with van der Waals surface area (Å²) in [6, 6.07) is 23.6. The molecule has 0 aromatic heterocycles. The summed E-state index contributed by atoms with van der Waals surface area (Å²) < 4.78 is 16.3. The summed E-state index contributed by atoms with van der Waals surface area (Å²) in [5.41, 5.74) is 1.77. The van der Waals surface area contributed by atoms with Gasteiger partial charge in [0.2, 0.25) is 0 Å². The molecule has 0 heterocycles. The van der Waals surface area contributed by atoms with Crippen molar-refractivity contribution in [2.45, 2.75) is 4.90 Å². The maximum atomic E-state index is 13.5. The van der Waals surface area contributed by atoms with Crippen molar-refractivity contribution in [3.8, 4) is 17.2 Å². The largest absolute Gasteiger partial charge is 0.496 e. The van der Waals surface area contributed by atoms with Gasteiger partial charge in [-0.1, -0.05) is 41.4 Å². The number of halogens is 2. The molecule has 4 rings (SSSR count). The van der Waals surface area contributed by atoms with E-state index in [-0.39, 0.29) is 17.2 Å². The van der Waals surface area contributed by atoms with Crippen LogP contribution in [0.2, 0.25) is 10.0 Å². The van der Waals surface area contributed by atoms with Crippen LogP contribution >= 0.6 is 35.0 Å². The Morgan fingerprint density at radius 2 is 1.41 bits per heavy atom. The van der Waals surface area contributed by atoms with E-state index in [2.05, 4.69) is 10.6 Å². The number of nitrogens with one attached hydrogen (secondary N) is 2. The summed E-state index contributed by atoms with van der Waals surface area (Å²) in [5, 5.41) is 6.23. The second-order valence-electron chi connectivity index (χ2n) is 9.15. The molecule has 11 heteroatoms. The Hall–Kier alpha value is -4.44. The van der Waals surface area contributed by atoms with Gasteiger partial charge in [-0.25, -0.2) is 0 Å². The SMILES string of the molecule is COc1cc(OC)c(OC)cc1/C=C(\NC(=O)c1ccccc1)C(=O)Nc1ccc(SCC(=O)c2ccc(Cl)c(Cl)c2)cc1. The highest BCUT2D eigenvalue weighted by Gasteiger charge is 2.18. The first-order valence-corrected chi connectivity index (χ1v) is 14.9. The lowest BCUT2D eigenvalue weighted by Crippen LogP contribution is -2.30. The molecule has 0 saturated carbocycles. The van der Waals surface area contributed by atoms with Gasteiger partial charge in [0.15, 0.2) is 17.3 Å². The molecule has 2 amide bonds. The lowest BCUT2D eigenvalue weighted by Gasteiger charge is -2.15. The zero-order chi connectivity index (χ0) is 31.6. The van der Waals surface area contributed by atoms with Gasteiger partial charge in [-0.05, 0) is 66.7 Å². The highest BCUT2D eigenvalue weighted by atomic mass is 35.5. The highest BCUT2D eigenvalue weighted by Crippen LogP contribution is 2.35. The average Bonchev–Trinajstić information content (AvgIpc) is 3.05. The molecular weight excluding hydrogens is 623 g/mol. The number of thioether (sulfide) groups is 1. The maximum absolute atomic E-state index is 13.5. The van der Waals surface area contributed by atoms with E-state index in [9.17, 15) is 14.4 Å². The van der Waals surface area contributed by atoms with Crippen molar-refractivity contribution in [2.75, 3.05) is 32.4 Å². The number of amides is 2. The number of hydrogen-bond donors (Lipinski definition) is 2. The zero-order valence-electron chi connectivity index (χ0n) is 24.0. The molecule has 0 saturated heterocycles. The third-order valence-corrected chi connectivity index (χ3v) is 8.04. The minimum absolute atomic E-state index is 0.0324. The number of benzene rings is 4. The Bertz CT molecular complexity index is 1700. The first-order valence-electron chi connectivity index (χ1n) is 13.1. The van der Waals surface area contributed by atoms with Crippen LogP contribution in [0.4, 0.5) is 5.69 Å². The van der Waals surface area contributed by atoms with E-state index in [4.69, 9.17) is 37.4 Å². The van der Waals surface area contributed by atoms with Gasteiger partial charge in [-0.15, -0.1) is 11.8 Å². The van der Waals surface area contributed by atoms with E-state index in [0.717, 1.165) is 4.90 Å². The van der Waals surface area contributed by atoms with Crippen LogP contribution < -0.4 is 24.8 Å². The number of carbonyl (C=O) groups excluding carboxylic acids is 3. The predicted octanol–water partition coefficient (Wildman–Crippen LogP) is 7.40. The summed E-state index contributed by atoms with van der Waals surface area (Å²) in [6.07, 6.45) is 1.50. The molecule has 0 bridgehead atoms. The number of hydrogen-bond acceptors (Lipinski definition) is 7. The quantitative estimate of drug-likeness (QED) is 0.0935. The van der Waals surface area contributed by atoms with Crippen LogP contribution in [0.1, 0.15) is 26.3 Å². The molecule has 4 aromatic carbocycles. The summed E-state index contributed by atoms with van der Waals surface area (Å²) in [6.45, 7) is 0. The minimum atomic E-state index is -0.568. The molecule has 0 radical (unpaired) electrons. The highest BCUT2D eigenvalue weighted by molar-refractivity contribution is 8.00. The van der Waals surface area contributed by atoms with Crippen molar-refractivity contribution in [2.24, 2.45) is 0 Å². The Labute approximate surface area is 269 Å². The van der Waals surface area contributed by atoms with E-state index in [1.165, 1.54) is 39.2 Å². The van der Waals surface area contributed by atoms with E-state index in [1.54, 1.807) is 84.9 Å². The Morgan fingerprint density at radius 1 is 0.750 bits per heavy atom. The smallest absolute Gasteiger partial charge is 0.272 e. The molecule has 226 valence electrons. The van der Waals surface area contributed by atoms with Crippen molar-refractivity contribution < 1.29 is 28.6 Å². The number of anilines is 1. The molecule has 0 atom stereocenters. The van der Waals surface area contributed by atoms with E-state index in [0.29, 0.717) is 49.7 Å². The summed E-state index contributed by atoms with van der Waals surface area (Å²) in [5.74, 6) is 0.317. The van der Waals surface area contributed by atoms with Crippen LogP contribution in [-0.4, -0.2) is 44.7 Å². The first-order chi connectivity index (χ1) is 21.2. The Balaban J connectivity index is 1.53. The number of methoxy groups -OCH3 is 3. The van der Waals surface area contributed by atoms with Gasteiger partial charge in [0, 0.05) is 33.3 Å². The molecule has 0 unspecified atom stereocenters. The number of ketones is 1. The van der Waals surface area contributed by atoms with E-state index in [1.807, 2.05) is 0 Å². The van der Waals surface area contributed by atoms with Crippen molar-refractivity contribution in [3.63, 3.8) is 0 Å². The standard InChI is InChI=1S/C33H28Cl2N2O6S/c1-41-29-18-31(43-3)30(42-2)17-22(29)16-27(37-32(39)20-7-5-4-6-8-20)33(40)36-23-10-12-24(13-11-23)44-19-28(38)21-9-14-25(34)26(35)15-21/h4-18H,19H2,1-3H3,(H,36,40)(H,37,39)/b27-16-. The van der Waals surface area contributed by atoms with Crippen LogP contribution in [0.5, 0.6) is 17.2 Å². The zero-order valence-corrected chi connectivity index (χ0v) is 26.3. The van der Waals surface area contributed by atoms with Crippen LogP contribution in [0, 0.1) is 0 Å². The fourth-order valence-corrected chi connectivity index (χ4v) is 5.09. The van der Waals surface area contributed by atoms with Crippen molar-refractivity contribution >= 4 is 64.3 Å². The molecule has 0 aliphatic heterocycles. The minimum Gasteiger partial charge on any atom is -0.496 e. The average molecular weight is 652 g/mol. The molecule has 0 spiro atoms. The first kappa shape index (κ1) is 32.5. The summed E-state index contributed by atoms with van der Waals surface area (Å²) in [4.78, 5) is 40.0. The molecular formula is C33H28Cl2N2O6S. The predicted molar refractivity (Wildman–Crippen MR) is 175 cm³/mol. The van der Waals surface area contributed by atoms with Gasteiger partial charge in [-0.2, -0.15) is 0 Å². The molecule has 0 fully saturated rings. The number of carbonyl (C=O) groups is 3. The fourth-order valence-electron chi connectivity index (χ4n) is 4.00. The number of rotatable bonds is 12. The van der Waals surface area contributed by atoms with Crippen LogP contribution in [-0.2, 0) is 4.79 Å². The van der Waals surface area contributed by atoms with Gasteiger partial charge < -0.3 is 24.8 Å². The third-order valence-electron chi connectivity index (χ3n) is 6.29. The normalized spacial score (nSPS) is 11.0. The fraction of sp³-hybridized carbons (Fsp3) is 0.121. The van der Waals surface area contributed by atoms with Crippen molar-refractivity contribution in [1.82, 2.24) is 5.32 Å². The number of Topliss-reactive ketones (excluding diaryl/α,β-unsaturated/α-hetero) is 1. The molecule has 2 N–H and O–H groups in total. The Kier molecular flexibility index (Phi) is 11.3. The van der Waals surface area contributed by atoms with Gasteiger partial charge >= 0.3 is 0 Å². The van der Waals surface area contributed by atoms with Crippen molar-refractivity contribution in [1.29, 1.82) is 0 Å². The topological polar surface area (TPSA) is 103 Å². The van der Waals surface area contributed by atoms with Crippen LogP contribution in [0.25, 0.3) is 6.08 Å². The van der Waals surface area contributed by atoms with Gasteiger partial charge in [0.1, 0.15) is 11.4 Å². The summed E-state index contributed by atoms with van der Waals surface area (Å²) >= 11 is 13.3. The third kappa shape index (κ3) is 8.35. The van der Waals surface area contributed by atoms with E-state index >= 15 is 0 Å². The van der Waals surface area contributed by atoms with Crippen LogP contribution in [0.3, 0.4) is 0 Å². The molecule has 4 aromatic rings. The van der Waals surface area contributed by atoms with Gasteiger partial charge in [-0.3, -0.25) is 14.4 Å². The second-order valence-corrected chi connectivity index (χ2v) is 11.0. The molecule has 44 heavy (non-hydrogen) atoms. The number of ether oxygens (including phenoxy) is 3. The second kappa shape index (κ2) is 15.3. The van der Waals surface area contributed by atoms with Crippen molar-refractivity contribution in [3.05, 3.63) is 117 Å². The lowest BCUT2D eigenvalue weighted by atomic mass is 10.1. The maximum Gasteiger partial charge on any atom is 0.272 e. The Morgan fingerprint density at radius 3 is 2.05 bits per heavy atom. The molecule has 8 nitrogen and oxygen atoms in total. The summed E-state index contributed by atoms with van der Waals surface area (Å²) in [7, 11) is 4.48. The van der Waals surface area contributed by atoms with E-state index < -0.39 is 11.8 Å². The monoisotopic (exact) mass is 650 g/mol. The lowest BCUT2D eigenvalue weighted by molar-refractivity contribution is -0.113.